The second-order valence-corrected chi connectivity index (χ2v) is 6.45. The first-order chi connectivity index (χ1) is 11.2. The largest absolute Gasteiger partial charge is 0.489 e. The molecule has 1 heterocycles. The minimum Gasteiger partial charge on any atom is -0.489 e. The third-order valence-corrected chi connectivity index (χ3v) is 4.18. The highest BCUT2D eigenvalue weighted by molar-refractivity contribution is 6.34. The molecule has 2 aromatic carbocycles. The molecule has 23 heavy (non-hydrogen) atoms. The van der Waals surface area contributed by atoms with Gasteiger partial charge in [0, 0.05) is 23.2 Å². The summed E-state index contributed by atoms with van der Waals surface area (Å²) in [4.78, 5) is 0. The summed E-state index contributed by atoms with van der Waals surface area (Å²) in [5.41, 5.74) is 1.97. The molecule has 1 aliphatic rings. The zero-order valence-corrected chi connectivity index (χ0v) is 14.2. The number of para-hydroxylation sites is 2. The maximum absolute atomic E-state index is 6.03. The molecule has 0 amide bonds. The molecule has 0 aromatic heterocycles. The molecule has 122 valence electrons. The van der Waals surface area contributed by atoms with Gasteiger partial charge in [0.15, 0.2) is 0 Å². The highest BCUT2D eigenvalue weighted by Gasteiger charge is 2.16. The fourth-order valence-electron chi connectivity index (χ4n) is 2.61. The Balaban J connectivity index is 1.62. The molecule has 0 aliphatic carbocycles. The Kier molecular flexibility index (Phi) is 5.65. The van der Waals surface area contributed by atoms with Crippen molar-refractivity contribution in [2.24, 2.45) is 0 Å². The van der Waals surface area contributed by atoms with Crippen LogP contribution in [-0.2, 0) is 11.3 Å². The molecule has 3 nitrogen and oxygen atoms in total. The van der Waals surface area contributed by atoms with Gasteiger partial charge in [-0.05, 0) is 48.7 Å². The van der Waals surface area contributed by atoms with Crippen LogP contribution in [0.2, 0.25) is 10.0 Å². The van der Waals surface area contributed by atoms with Crippen molar-refractivity contribution in [2.45, 2.75) is 25.5 Å². The van der Waals surface area contributed by atoms with Crippen LogP contribution in [0.5, 0.6) is 5.75 Å². The van der Waals surface area contributed by atoms with Crippen molar-refractivity contribution in [3.63, 3.8) is 0 Å². The lowest BCUT2D eigenvalue weighted by atomic mass is 10.2. The molecule has 1 atom stereocenters. The number of anilines is 1. The molecular formula is C18H19Cl2NO2. The molecule has 0 spiro atoms. The van der Waals surface area contributed by atoms with Crippen molar-refractivity contribution < 1.29 is 9.47 Å². The highest BCUT2D eigenvalue weighted by atomic mass is 35.5. The van der Waals surface area contributed by atoms with E-state index in [4.69, 9.17) is 32.7 Å². The molecule has 1 N–H and O–H groups in total. The van der Waals surface area contributed by atoms with Crippen molar-refractivity contribution >= 4 is 28.9 Å². The third kappa shape index (κ3) is 4.77. The SMILES string of the molecule is Clc1cc(Cl)cc(CNc2ccccc2OC[C@@H]2CCCO2)c1. The van der Waals surface area contributed by atoms with Gasteiger partial charge in [-0.15, -0.1) is 0 Å². The van der Waals surface area contributed by atoms with Crippen LogP contribution in [0.15, 0.2) is 42.5 Å². The third-order valence-electron chi connectivity index (χ3n) is 3.74. The topological polar surface area (TPSA) is 30.5 Å². The van der Waals surface area contributed by atoms with Gasteiger partial charge < -0.3 is 14.8 Å². The molecule has 1 aliphatic heterocycles. The van der Waals surface area contributed by atoms with E-state index in [0.29, 0.717) is 23.2 Å². The number of nitrogens with one attached hydrogen (secondary N) is 1. The summed E-state index contributed by atoms with van der Waals surface area (Å²) < 4.78 is 11.5. The van der Waals surface area contributed by atoms with E-state index < -0.39 is 0 Å². The second kappa shape index (κ2) is 7.91. The predicted molar refractivity (Wildman–Crippen MR) is 94.7 cm³/mol. The first-order valence-corrected chi connectivity index (χ1v) is 8.48. The standard InChI is InChI=1S/C18H19Cl2NO2/c19-14-8-13(9-15(20)10-14)11-21-17-5-1-2-6-18(17)23-12-16-4-3-7-22-16/h1-2,5-6,8-10,16,21H,3-4,7,11-12H2/t16-/m0/s1. The summed E-state index contributed by atoms with van der Waals surface area (Å²) in [5.74, 6) is 0.830. The van der Waals surface area contributed by atoms with E-state index in [1.807, 2.05) is 36.4 Å². The molecule has 2 aromatic rings. The number of benzene rings is 2. The molecular weight excluding hydrogens is 333 g/mol. The first kappa shape index (κ1) is 16.4. The summed E-state index contributed by atoms with van der Waals surface area (Å²) >= 11 is 12.1. The van der Waals surface area contributed by atoms with Gasteiger partial charge in [-0.2, -0.15) is 0 Å². The average molecular weight is 352 g/mol. The predicted octanol–water partition coefficient (Wildman–Crippen LogP) is 5.16. The fraction of sp³-hybridized carbons (Fsp3) is 0.333. The maximum atomic E-state index is 6.03. The molecule has 0 radical (unpaired) electrons. The van der Waals surface area contributed by atoms with Crippen molar-refractivity contribution in [1.29, 1.82) is 0 Å². The van der Waals surface area contributed by atoms with Gasteiger partial charge in [0.05, 0.1) is 11.8 Å². The highest BCUT2D eigenvalue weighted by Crippen LogP contribution is 2.26. The summed E-state index contributed by atoms with van der Waals surface area (Å²) in [5, 5.41) is 4.65. The van der Waals surface area contributed by atoms with Crippen LogP contribution in [0, 0.1) is 0 Å². The van der Waals surface area contributed by atoms with E-state index in [2.05, 4.69) is 5.32 Å². The van der Waals surface area contributed by atoms with E-state index in [0.717, 1.165) is 36.4 Å². The smallest absolute Gasteiger partial charge is 0.142 e. The van der Waals surface area contributed by atoms with Crippen molar-refractivity contribution in [3.05, 3.63) is 58.1 Å². The minimum absolute atomic E-state index is 0.204. The number of ether oxygens (including phenoxy) is 2. The van der Waals surface area contributed by atoms with E-state index in [1.54, 1.807) is 6.07 Å². The number of hydrogen-bond acceptors (Lipinski definition) is 3. The molecule has 0 saturated carbocycles. The van der Waals surface area contributed by atoms with Crippen LogP contribution in [0.25, 0.3) is 0 Å². The quantitative estimate of drug-likeness (QED) is 0.779. The van der Waals surface area contributed by atoms with Gasteiger partial charge in [-0.3, -0.25) is 0 Å². The number of halogens is 2. The minimum atomic E-state index is 0.204. The van der Waals surface area contributed by atoms with Crippen LogP contribution < -0.4 is 10.1 Å². The lowest BCUT2D eigenvalue weighted by molar-refractivity contribution is 0.0682. The zero-order chi connectivity index (χ0) is 16.1. The Morgan fingerprint density at radius 2 is 1.91 bits per heavy atom. The van der Waals surface area contributed by atoms with E-state index >= 15 is 0 Å². The van der Waals surface area contributed by atoms with Crippen molar-refractivity contribution in [2.75, 3.05) is 18.5 Å². The fourth-order valence-corrected chi connectivity index (χ4v) is 3.18. The Morgan fingerprint density at radius 1 is 1.13 bits per heavy atom. The van der Waals surface area contributed by atoms with Crippen LogP contribution in [0.3, 0.4) is 0 Å². The van der Waals surface area contributed by atoms with Gasteiger partial charge in [-0.25, -0.2) is 0 Å². The van der Waals surface area contributed by atoms with E-state index in [1.165, 1.54) is 0 Å². The Hall–Kier alpha value is -1.42. The van der Waals surface area contributed by atoms with Crippen LogP contribution >= 0.6 is 23.2 Å². The Bertz CT molecular complexity index is 637. The van der Waals surface area contributed by atoms with Crippen LogP contribution in [0.4, 0.5) is 5.69 Å². The van der Waals surface area contributed by atoms with Gasteiger partial charge in [0.25, 0.3) is 0 Å². The zero-order valence-electron chi connectivity index (χ0n) is 12.7. The maximum Gasteiger partial charge on any atom is 0.142 e. The summed E-state index contributed by atoms with van der Waals surface area (Å²) in [6.45, 7) is 2.05. The molecule has 1 saturated heterocycles. The molecule has 0 bridgehead atoms. The Labute approximate surface area is 146 Å². The molecule has 0 unspecified atom stereocenters. The van der Waals surface area contributed by atoms with Crippen molar-refractivity contribution in [3.8, 4) is 5.75 Å². The second-order valence-electron chi connectivity index (χ2n) is 5.57. The summed E-state index contributed by atoms with van der Waals surface area (Å²) in [7, 11) is 0. The van der Waals surface area contributed by atoms with E-state index in [-0.39, 0.29) is 6.10 Å². The van der Waals surface area contributed by atoms with Gasteiger partial charge in [0.2, 0.25) is 0 Å². The first-order valence-electron chi connectivity index (χ1n) is 7.73. The van der Waals surface area contributed by atoms with Gasteiger partial charge >= 0.3 is 0 Å². The monoisotopic (exact) mass is 351 g/mol. The average Bonchev–Trinajstić information content (AvgIpc) is 3.04. The molecule has 3 rings (SSSR count). The summed E-state index contributed by atoms with van der Waals surface area (Å²) in [6.07, 6.45) is 2.38. The molecule has 5 heteroatoms. The summed E-state index contributed by atoms with van der Waals surface area (Å²) in [6, 6.07) is 13.4. The van der Waals surface area contributed by atoms with Gasteiger partial charge in [0.1, 0.15) is 12.4 Å². The lowest BCUT2D eigenvalue weighted by Crippen LogP contribution is -2.16. The normalized spacial score (nSPS) is 17.2. The number of rotatable bonds is 6. The van der Waals surface area contributed by atoms with Crippen LogP contribution in [0.1, 0.15) is 18.4 Å². The molecule has 1 fully saturated rings. The Morgan fingerprint density at radius 3 is 2.65 bits per heavy atom. The van der Waals surface area contributed by atoms with Crippen molar-refractivity contribution in [1.82, 2.24) is 0 Å². The van der Waals surface area contributed by atoms with E-state index in [9.17, 15) is 0 Å². The van der Waals surface area contributed by atoms with Gasteiger partial charge in [-0.1, -0.05) is 35.3 Å². The number of hydrogen-bond donors (Lipinski definition) is 1. The lowest BCUT2D eigenvalue weighted by Gasteiger charge is -2.16. The van der Waals surface area contributed by atoms with Crippen LogP contribution in [-0.4, -0.2) is 19.3 Å².